The number of alkyl halides is 1. The number of hydrogen-bond donors (Lipinski definition) is 0. The molecule has 2 atom stereocenters. The van der Waals surface area contributed by atoms with E-state index in [0.717, 1.165) is 22.8 Å². The lowest BCUT2D eigenvalue weighted by Crippen LogP contribution is -2.33. The van der Waals surface area contributed by atoms with Gasteiger partial charge in [-0.25, -0.2) is 0 Å². The zero-order chi connectivity index (χ0) is 11.5. The Labute approximate surface area is 111 Å². The molecule has 0 aromatic heterocycles. The summed E-state index contributed by atoms with van der Waals surface area (Å²) in [6.45, 7) is 4.50. The van der Waals surface area contributed by atoms with Gasteiger partial charge >= 0.3 is 0 Å². The van der Waals surface area contributed by atoms with Crippen LogP contribution in [0.4, 0.5) is 0 Å². The minimum atomic E-state index is 0.547. The average molecular weight is 303 g/mol. The maximum Gasteiger partial charge on any atom is 0.0382 e. The van der Waals surface area contributed by atoms with Crippen molar-refractivity contribution in [3.8, 4) is 0 Å². The molecule has 88 valence electrons. The van der Waals surface area contributed by atoms with Gasteiger partial charge in [0.15, 0.2) is 0 Å². The zero-order valence-electron chi connectivity index (χ0n) is 9.50. The highest BCUT2D eigenvalue weighted by atomic mass is 79.9. The summed E-state index contributed by atoms with van der Waals surface area (Å²) in [4.78, 5) is 2.50. The Bertz CT molecular complexity index is 338. The molecule has 1 heterocycles. The average Bonchev–Trinajstić information content (AvgIpc) is 2.63. The standard InChI is InChI=1S/C13H17BrClN/c1-10-6-7-16(13(10)8-15)9-11-2-4-12(14)5-3-11/h2-5,10,13H,6-9H2,1H3. The summed E-state index contributed by atoms with van der Waals surface area (Å²) in [6.07, 6.45) is 1.27. The van der Waals surface area contributed by atoms with Gasteiger partial charge in [0, 0.05) is 22.9 Å². The highest BCUT2D eigenvalue weighted by molar-refractivity contribution is 9.10. The van der Waals surface area contributed by atoms with Crippen molar-refractivity contribution in [1.82, 2.24) is 4.90 Å². The summed E-state index contributed by atoms with van der Waals surface area (Å²) in [5.74, 6) is 1.48. The third-order valence-corrected chi connectivity index (χ3v) is 4.30. The van der Waals surface area contributed by atoms with E-state index in [0.29, 0.717) is 6.04 Å². The second kappa shape index (κ2) is 5.52. The van der Waals surface area contributed by atoms with Crippen LogP contribution in [0.2, 0.25) is 0 Å². The van der Waals surface area contributed by atoms with Crippen LogP contribution < -0.4 is 0 Å². The van der Waals surface area contributed by atoms with Crippen LogP contribution in [0.25, 0.3) is 0 Å². The van der Waals surface area contributed by atoms with Crippen LogP contribution in [0.5, 0.6) is 0 Å². The molecule has 1 aliphatic heterocycles. The quantitative estimate of drug-likeness (QED) is 0.766. The maximum absolute atomic E-state index is 6.04. The monoisotopic (exact) mass is 301 g/mol. The summed E-state index contributed by atoms with van der Waals surface area (Å²) in [5.41, 5.74) is 1.37. The number of rotatable bonds is 3. The van der Waals surface area contributed by atoms with E-state index in [1.54, 1.807) is 0 Å². The summed E-state index contributed by atoms with van der Waals surface area (Å²) >= 11 is 9.50. The number of likely N-dealkylation sites (tertiary alicyclic amines) is 1. The molecule has 1 aliphatic rings. The Balaban J connectivity index is 2.01. The molecule has 0 radical (unpaired) electrons. The van der Waals surface area contributed by atoms with E-state index in [-0.39, 0.29) is 0 Å². The van der Waals surface area contributed by atoms with E-state index in [4.69, 9.17) is 11.6 Å². The van der Waals surface area contributed by atoms with Gasteiger partial charge < -0.3 is 0 Å². The molecular weight excluding hydrogens is 286 g/mol. The van der Waals surface area contributed by atoms with Crippen LogP contribution in [0, 0.1) is 5.92 Å². The van der Waals surface area contributed by atoms with E-state index in [9.17, 15) is 0 Å². The molecule has 1 saturated heterocycles. The van der Waals surface area contributed by atoms with Crippen molar-refractivity contribution >= 4 is 27.5 Å². The molecule has 1 fully saturated rings. The summed E-state index contributed by atoms with van der Waals surface area (Å²) < 4.78 is 1.14. The van der Waals surface area contributed by atoms with Gasteiger partial charge in [-0.1, -0.05) is 35.0 Å². The third-order valence-electron chi connectivity index (χ3n) is 3.45. The van der Waals surface area contributed by atoms with Crippen LogP contribution in [0.3, 0.4) is 0 Å². The minimum Gasteiger partial charge on any atom is -0.295 e. The molecule has 0 spiro atoms. The molecule has 0 N–H and O–H groups in total. The topological polar surface area (TPSA) is 3.24 Å². The third kappa shape index (κ3) is 2.79. The van der Waals surface area contributed by atoms with Crippen LogP contribution >= 0.6 is 27.5 Å². The van der Waals surface area contributed by atoms with Gasteiger partial charge in [-0.2, -0.15) is 0 Å². The number of nitrogens with zero attached hydrogens (tertiary/aromatic N) is 1. The molecule has 2 rings (SSSR count). The number of hydrogen-bond acceptors (Lipinski definition) is 1. The summed E-state index contributed by atoms with van der Waals surface area (Å²) in [5, 5.41) is 0. The zero-order valence-corrected chi connectivity index (χ0v) is 11.8. The van der Waals surface area contributed by atoms with Crippen molar-refractivity contribution in [3.63, 3.8) is 0 Å². The Morgan fingerprint density at radius 1 is 1.38 bits per heavy atom. The molecule has 1 nitrogen and oxygen atoms in total. The van der Waals surface area contributed by atoms with Crippen molar-refractivity contribution in [3.05, 3.63) is 34.3 Å². The van der Waals surface area contributed by atoms with Gasteiger partial charge in [0.25, 0.3) is 0 Å². The predicted octanol–water partition coefficient (Wildman–Crippen LogP) is 3.90. The second-order valence-electron chi connectivity index (χ2n) is 4.58. The second-order valence-corrected chi connectivity index (χ2v) is 5.81. The van der Waals surface area contributed by atoms with Gasteiger partial charge in [0.2, 0.25) is 0 Å². The summed E-state index contributed by atoms with van der Waals surface area (Å²) in [7, 11) is 0. The molecule has 2 unspecified atom stereocenters. The molecular formula is C13H17BrClN. The molecule has 0 aliphatic carbocycles. The first-order valence-corrected chi connectivity index (χ1v) is 7.08. The Kier molecular flexibility index (Phi) is 4.28. The fourth-order valence-corrected chi connectivity index (χ4v) is 3.12. The van der Waals surface area contributed by atoms with Crippen molar-refractivity contribution in [1.29, 1.82) is 0 Å². The molecule has 0 amide bonds. The van der Waals surface area contributed by atoms with E-state index < -0.39 is 0 Å². The SMILES string of the molecule is CC1CCN(Cc2ccc(Br)cc2)C1CCl. The van der Waals surface area contributed by atoms with Crippen molar-refractivity contribution < 1.29 is 0 Å². The fraction of sp³-hybridized carbons (Fsp3) is 0.538. The van der Waals surface area contributed by atoms with Crippen molar-refractivity contribution in [2.45, 2.75) is 25.9 Å². The highest BCUT2D eigenvalue weighted by Gasteiger charge is 2.29. The Morgan fingerprint density at radius 3 is 2.69 bits per heavy atom. The number of benzene rings is 1. The first kappa shape index (κ1) is 12.4. The van der Waals surface area contributed by atoms with Gasteiger partial charge in [-0.15, -0.1) is 11.6 Å². The highest BCUT2D eigenvalue weighted by Crippen LogP contribution is 2.26. The lowest BCUT2D eigenvalue weighted by Gasteiger charge is -2.24. The van der Waals surface area contributed by atoms with Gasteiger partial charge in [0.1, 0.15) is 0 Å². The fourth-order valence-electron chi connectivity index (χ4n) is 2.36. The lowest BCUT2D eigenvalue weighted by molar-refractivity contribution is 0.242. The molecule has 0 bridgehead atoms. The maximum atomic E-state index is 6.04. The van der Waals surface area contributed by atoms with Gasteiger partial charge in [0.05, 0.1) is 0 Å². The van der Waals surface area contributed by atoms with Gasteiger partial charge in [-0.3, -0.25) is 4.90 Å². The van der Waals surface area contributed by atoms with Crippen molar-refractivity contribution in [2.24, 2.45) is 5.92 Å². The Hall–Kier alpha value is -0.0500. The van der Waals surface area contributed by atoms with Crippen molar-refractivity contribution in [2.75, 3.05) is 12.4 Å². The van der Waals surface area contributed by atoms with Gasteiger partial charge in [-0.05, 0) is 36.6 Å². The van der Waals surface area contributed by atoms with Crippen LogP contribution in [-0.4, -0.2) is 23.4 Å². The van der Waals surface area contributed by atoms with E-state index in [2.05, 4.69) is 52.0 Å². The van der Waals surface area contributed by atoms with Crippen LogP contribution in [0.1, 0.15) is 18.9 Å². The first-order valence-electron chi connectivity index (χ1n) is 5.75. The molecule has 0 saturated carbocycles. The molecule has 1 aromatic rings. The van der Waals surface area contributed by atoms with E-state index >= 15 is 0 Å². The van der Waals surface area contributed by atoms with Crippen LogP contribution in [-0.2, 0) is 6.54 Å². The first-order chi connectivity index (χ1) is 7.70. The minimum absolute atomic E-state index is 0.547. The molecule has 1 aromatic carbocycles. The van der Waals surface area contributed by atoms with E-state index in [1.165, 1.54) is 18.5 Å². The van der Waals surface area contributed by atoms with Crippen LogP contribution in [0.15, 0.2) is 28.7 Å². The lowest BCUT2D eigenvalue weighted by atomic mass is 10.0. The van der Waals surface area contributed by atoms with E-state index in [1.807, 2.05) is 0 Å². The Morgan fingerprint density at radius 2 is 2.06 bits per heavy atom. The normalized spacial score (nSPS) is 26.2. The molecule has 16 heavy (non-hydrogen) atoms. The largest absolute Gasteiger partial charge is 0.295 e. The predicted molar refractivity (Wildman–Crippen MR) is 72.8 cm³/mol. The smallest absolute Gasteiger partial charge is 0.0382 e. The molecule has 3 heteroatoms. The number of halogens is 2. The summed E-state index contributed by atoms with van der Waals surface area (Å²) in [6, 6.07) is 9.11.